The molecule has 0 saturated heterocycles. The summed E-state index contributed by atoms with van der Waals surface area (Å²) < 4.78 is 0. The van der Waals surface area contributed by atoms with Gasteiger partial charge in [-0.05, 0) is 51.5 Å². The van der Waals surface area contributed by atoms with Gasteiger partial charge in [0.2, 0.25) is 0 Å². The first kappa shape index (κ1) is 20.6. The van der Waals surface area contributed by atoms with Crippen LogP contribution in [0.25, 0.3) is 0 Å². The third-order valence-corrected chi connectivity index (χ3v) is 3.91. The molecule has 3 rings (SSSR count). The van der Waals surface area contributed by atoms with E-state index >= 15 is 0 Å². The minimum absolute atomic E-state index is 0.299. The van der Waals surface area contributed by atoms with E-state index in [2.05, 4.69) is 38.1 Å². The Balaban J connectivity index is 0.000000191. The monoisotopic (exact) mass is 356 g/mol. The molecule has 2 N–H and O–H groups in total. The topological polar surface area (TPSA) is 40.5 Å². The molecule has 2 nitrogen and oxygen atoms in total. The largest absolute Gasteiger partial charge is 0.508 e. The maximum Gasteiger partial charge on any atom is 0.122 e. The molecule has 3 aromatic carbocycles. The Hall–Kier alpha value is -2.45. The van der Waals surface area contributed by atoms with Gasteiger partial charge in [-0.25, -0.2) is 0 Å². The first-order valence-corrected chi connectivity index (χ1v) is 8.41. The van der Waals surface area contributed by atoms with E-state index in [4.69, 9.17) is 16.7 Å². The van der Waals surface area contributed by atoms with Crippen molar-refractivity contribution in [1.82, 2.24) is 0 Å². The van der Waals surface area contributed by atoms with Gasteiger partial charge in [0.15, 0.2) is 0 Å². The molecule has 0 aliphatic heterocycles. The van der Waals surface area contributed by atoms with Crippen LogP contribution in [0.4, 0.5) is 0 Å². The second-order valence-electron chi connectivity index (χ2n) is 5.83. The lowest BCUT2D eigenvalue weighted by Gasteiger charge is -2.02. The number of phenols is 2. The lowest BCUT2D eigenvalue weighted by Crippen LogP contribution is -1.80. The third kappa shape index (κ3) is 7.77. The van der Waals surface area contributed by atoms with E-state index in [9.17, 15) is 5.11 Å². The van der Waals surface area contributed by atoms with Crippen molar-refractivity contribution in [3.8, 4) is 11.5 Å². The molecule has 0 atom stereocenters. The molecule has 0 unspecified atom stereocenters. The number of hydrogen-bond donors (Lipinski definition) is 2. The van der Waals surface area contributed by atoms with Crippen molar-refractivity contribution in [1.29, 1.82) is 0 Å². The van der Waals surface area contributed by atoms with Crippen LogP contribution in [-0.2, 0) is 0 Å². The fourth-order valence-corrected chi connectivity index (χ4v) is 2.20. The Morgan fingerprint density at radius 1 is 0.680 bits per heavy atom. The highest BCUT2D eigenvalue weighted by Gasteiger charge is 2.02. The summed E-state index contributed by atoms with van der Waals surface area (Å²) in [4.78, 5) is 0. The average Bonchev–Trinajstić information content (AvgIpc) is 2.58. The van der Waals surface area contributed by atoms with Crippen LogP contribution >= 0.6 is 11.6 Å². The summed E-state index contributed by atoms with van der Waals surface area (Å²) in [6.45, 7) is 7.85. The number of benzene rings is 3. The minimum atomic E-state index is 0.299. The number of phenolic OH excluding ortho intramolecular Hbond substituents is 2. The number of rotatable bonds is 0. The van der Waals surface area contributed by atoms with E-state index in [1.165, 1.54) is 11.1 Å². The Labute approximate surface area is 155 Å². The van der Waals surface area contributed by atoms with Crippen molar-refractivity contribution in [3.05, 3.63) is 94.0 Å². The predicted molar refractivity (Wildman–Crippen MR) is 107 cm³/mol. The molecule has 0 spiro atoms. The van der Waals surface area contributed by atoms with Gasteiger partial charge in [-0.2, -0.15) is 0 Å². The fourth-order valence-electron chi connectivity index (χ4n) is 2.05. The molecule has 0 fully saturated rings. The highest BCUT2D eigenvalue weighted by molar-refractivity contribution is 6.31. The molecule has 0 heterocycles. The van der Waals surface area contributed by atoms with E-state index in [0.29, 0.717) is 16.5 Å². The van der Waals surface area contributed by atoms with Gasteiger partial charge < -0.3 is 10.2 Å². The van der Waals surface area contributed by atoms with Crippen LogP contribution in [0.2, 0.25) is 5.02 Å². The van der Waals surface area contributed by atoms with Crippen LogP contribution in [0, 0.1) is 27.7 Å². The van der Waals surface area contributed by atoms with Crippen molar-refractivity contribution in [2.45, 2.75) is 27.7 Å². The summed E-state index contributed by atoms with van der Waals surface area (Å²) >= 11 is 5.73. The number of aryl methyl sites for hydroxylation is 3. The number of aromatic hydroxyl groups is 2. The van der Waals surface area contributed by atoms with Gasteiger partial charge in [0.1, 0.15) is 11.5 Å². The van der Waals surface area contributed by atoms with Gasteiger partial charge in [0, 0.05) is 10.6 Å². The van der Waals surface area contributed by atoms with Gasteiger partial charge in [-0.1, -0.05) is 71.3 Å². The highest BCUT2D eigenvalue weighted by Crippen LogP contribution is 2.27. The summed E-state index contributed by atoms with van der Waals surface area (Å²) in [5.41, 5.74) is 4.29. The van der Waals surface area contributed by atoms with Crippen LogP contribution in [0.15, 0.2) is 66.7 Å². The summed E-state index contributed by atoms with van der Waals surface area (Å²) in [6, 6.07) is 20.7. The molecule has 0 saturated carbocycles. The second-order valence-corrected chi connectivity index (χ2v) is 6.24. The third-order valence-electron chi connectivity index (χ3n) is 3.50. The minimum Gasteiger partial charge on any atom is -0.508 e. The average molecular weight is 357 g/mol. The van der Waals surface area contributed by atoms with Crippen molar-refractivity contribution >= 4 is 11.6 Å². The second kappa shape index (κ2) is 10.4. The van der Waals surface area contributed by atoms with Gasteiger partial charge in [0.25, 0.3) is 0 Å². The first-order valence-electron chi connectivity index (χ1n) is 8.03. The molecule has 0 aliphatic carbocycles. The van der Waals surface area contributed by atoms with E-state index in [1.54, 1.807) is 43.3 Å². The zero-order valence-electron chi connectivity index (χ0n) is 15.1. The molecule has 0 bridgehead atoms. The summed E-state index contributed by atoms with van der Waals surface area (Å²) in [5, 5.41) is 18.5. The Bertz CT molecular complexity index is 739. The van der Waals surface area contributed by atoms with Gasteiger partial charge in [0.05, 0.1) is 0 Å². The van der Waals surface area contributed by atoms with Crippen LogP contribution in [0.1, 0.15) is 22.3 Å². The number of halogens is 1. The molecule has 0 amide bonds. The van der Waals surface area contributed by atoms with Crippen molar-refractivity contribution in [2.75, 3.05) is 0 Å². The van der Waals surface area contributed by atoms with Crippen LogP contribution in [-0.4, -0.2) is 10.2 Å². The maximum atomic E-state index is 9.30. The Kier molecular flexibility index (Phi) is 8.59. The summed E-state index contributed by atoms with van der Waals surface area (Å²) in [6.07, 6.45) is 0. The van der Waals surface area contributed by atoms with E-state index < -0.39 is 0 Å². The Morgan fingerprint density at radius 3 is 1.60 bits per heavy atom. The standard InChI is InChI=1S/C8H9ClO.C8H10.C6H6O/c1-5-3-4-7(9)6(2)8(5)10;1-7-4-3-5-8(2)6-7;7-6-4-2-1-3-5-6/h3-4,10H,1-2H3;3-6H,1-2H3;1-5,7H. The van der Waals surface area contributed by atoms with E-state index in [0.717, 1.165) is 11.1 Å². The van der Waals surface area contributed by atoms with Crippen LogP contribution < -0.4 is 0 Å². The van der Waals surface area contributed by atoms with Crippen molar-refractivity contribution in [2.24, 2.45) is 0 Å². The SMILES string of the molecule is Cc1ccc(Cl)c(C)c1O.Cc1cccc(C)c1.Oc1ccccc1. The maximum absolute atomic E-state index is 9.30. The molecular weight excluding hydrogens is 332 g/mol. The van der Waals surface area contributed by atoms with Gasteiger partial charge in [-0.3, -0.25) is 0 Å². The van der Waals surface area contributed by atoms with Crippen molar-refractivity contribution < 1.29 is 10.2 Å². The fraction of sp³-hybridized carbons (Fsp3) is 0.182. The van der Waals surface area contributed by atoms with E-state index in [-0.39, 0.29) is 0 Å². The van der Waals surface area contributed by atoms with Gasteiger partial charge in [-0.15, -0.1) is 0 Å². The molecule has 3 aromatic rings. The number of hydrogen-bond acceptors (Lipinski definition) is 2. The smallest absolute Gasteiger partial charge is 0.122 e. The molecular formula is C22H25ClO2. The summed E-state index contributed by atoms with van der Waals surface area (Å²) in [5.74, 6) is 0.620. The van der Waals surface area contributed by atoms with Crippen molar-refractivity contribution in [3.63, 3.8) is 0 Å². The number of para-hydroxylation sites is 1. The molecule has 0 aliphatic rings. The zero-order valence-corrected chi connectivity index (χ0v) is 15.9. The first-order chi connectivity index (χ1) is 11.8. The molecule has 132 valence electrons. The summed E-state index contributed by atoms with van der Waals surface area (Å²) in [7, 11) is 0. The quantitative estimate of drug-likeness (QED) is 0.492. The lowest BCUT2D eigenvalue weighted by atomic mass is 10.1. The van der Waals surface area contributed by atoms with E-state index in [1.807, 2.05) is 13.0 Å². The van der Waals surface area contributed by atoms with Gasteiger partial charge >= 0.3 is 0 Å². The molecule has 25 heavy (non-hydrogen) atoms. The lowest BCUT2D eigenvalue weighted by molar-refractivity contribution is 0.467. The molecule has 0 radical (unpaired) electrons. The highest BCUT2D eigenvalue weighted by atomic mass is 35.5. The predicted octanol–water partition coefficient (Wildman–Crippen LogP) is 6.36. The molecule has 0 aromatic heterocycles. The molecule has 3 heteroatoms. The van der Waals surface area contributed by atoms with Crippen LogP contribution in [0.3, 0.4) is 0 Å². The van der Waals surface area contributed by atoms with Crippen LogP contribution in [0.5, 0.6) is 11.5 Å². The normalized spacial score (nSPS) is 9.32. The Morgan fingerprint density at radius 2 is 1.24 bits per heavy atom. The zero-order chi connectivity index (χ0) is 18.8.